The van der Waals surface area contributed by atoms with Crippen molar-refractivity contribution >= 4 is 12.2 Å². The summed E-state index contributed by atoms with van der Waals surface area (Å²) in [5.41, 5.74) is 1.89. The molecule has 1 aliphatic heterocycles. The molecule has 5 heteroatoms. The molecule has 0 spiro atoms. The normalized spacial score (nSPS) is 16.4. The van der Waals surface area contributed by atoms with Crippen molar-refractivity contribution in [2.45, 2.75) is 44.9 Å². The molecule has 1 fully saturated rings. The number of aromatic hydroxyl groups is 3. The zero-order chi connectivity index (χ0) is 18.3. The zero-order valence-electron chi connectivity index (χ0n) is 16.8. The SMILES string of the molecule is C=c1ccc2c(c1O)Oc1c(ccc(O)c1O)C=2C1CCCCCCC1.[CH3-].[Rb+]. The number of phenols is 3. The minimum Gasteiger partial charge on any atom is -0.504 e. The molecule has 0 atom stereocenters. The monoisotopic (exact) mass is 452 g/mol. The van der Waals surface area contributed by atoms with Gasteiger partial charge < -0.3 is 27.5 Å². The molecule has 3 N–H and O–H groups in total. The third kappa shape index (κ3) is 4.21. The molecule has 2 aromatic rings. The molecule has 0 radical (unpaired) electrons. The van der Waals surface area contributed by atoms with Crippen molar-refractivity contribution in [3.05, 3.63) is 47.7 Å². The molecule has 28 heavy (non-hydrogen) atoms. The van der Waals surface area contributed by atoms with Gasteiger partial charge in [0.05, 0.1) is 0 Å². The number of phenolic OH excluding ortho intramolecular Hbond substituents is 3. The number of rotatable bonds is 1. The summed E-state index contributed by atoms with van der Waals surface area (Å²) in [4.78, 5) is 0. The Labute approximate surface area is 215 Å². The Kier molecular flexibility index (Phi) is 8.21. The van der Waals surface area contributed by atoms with Crippen LogP contribution >= 0.6 is 0 Å². The molecule has 0 bridgehead atoms. The van der Waals surface area contributed by atoms with Crippen LogP contribution in [0.25, 0.3) is 12.2 Å². The summed E-state index contributed by atoms with van der Waals surface area (Å²) in [5.74, 6) is 0.341. The van der Waals surface area contributed by atoms with Gasteiger partial charge in [0.1, 0.15) is 0 Å². The van der Waals surface area contributed by atoms with Gasteiger partial charge in [-0.1, -0.05) is 50.8 Å². The van der Waals surface area contributed by atoms with Crippen molar-refractivity contribution in [2.75, 3.05) is 0 Å². The van der Waals surface area contributed by atoms with Gasteiger partial charge in [-0.15, -0.1) is 0 Å². The Morgan fingerprint density at radius 3 is 2.14 bits per heavy atom. The molecule has 0 unspecified atom stereocenters. The average molecular weight is 453 g/mol. The van der Waals surface area contributed by atoms with Crippen molar-refractivity contribution in [3.63, 3.8) is 0 Å². The van der Waals surface area contributed by atoms with Crippen molar-refractivity contribution in [1.29, 1.82) is 0 Å². The molecule has 1 aliphatic carbocycles. The Morgan fingerprint density at radius 2 is 1.46 bits per heavy atom. The van der Waals surface area contributed by atoms with Crippen LogP contribution in [0.1, 0.15) is 50.5 Å². The van der Waals surface area contributed by atoms with Gasteiger partial charge in [0.2, 0.25) is 5.75 Å². The van der Waals surface area contributed by atoms with Gasteiger partial charge in [0.25, 0.3) is 0 Å². The van der Waals surface area contributed by atoms with Gasteiger partial charge in [0, 0.05) is 16.0 Å². The maximum Gasteiger partial charge on any atom is 1.00 e. The van der Waals surface area contributed by atoms with E-state index in [2.05, 4.69) is 6.58 Å². The number of benzene rings is 2. The molecule has 1 saturated carbocycles. The predicted octanol–water partition coefficient (Wildman–Crippen LogP) is 1.33. The van der Waals surface area contributed by atoms with Crippen LogP contribution in [-0.2, 0) is 0 Å². The number of hydrogen-bond acceptors (Lipinski definition) is 4. The molecular weight excluding hydrogens is 426 g/mol. The van der Waals surface area contributed by atoms with Crippen molar-refractivity contribution in [2.24, 2.45) is 5.92 Å². The minimum atomic E-state index is -0.287. The number of hydrogen-bond donors (Lipinski definition) is 3. The standard InChI is InChI=1S/C22H24O4.CH3.Rb/c1-13-9-10-15-18(14-7-5-3-2-4-6-8-14)16-11-12-17(23)20(25)22(16)26-21(15)19(13)24;;/h9-12,14,23-25H,1-8H2;1H3;/q;-1;+1. The summed E-state index contributed by atoms with van der Waals surface area (Å²) in [6.45, 7) is 3.84. The van der Waals surface area contributed by atoms with E-state index in [0.717, 1.165) is 29.2 Å². The first-order valence-corrected chi connectivity index (χ1v) is 9.36. The van der Waals surface area contributed by atoms with E-state index in [1.54, 1.807) is 12.1 Å². The van der Waals surface area contributed by atoms with Gasteiger partial charge in [-0.2, -0.15) is 0 Å². The van der Waals surface area contributed by atoms with Gasteiger partial charge in [-0.25, -0.2) is 0 Å². The summed E-state index contributed by atoms with van der Waals surface area (Å²) in [5, 5.41) is 32.1. The van der Waals surface area contributed by atoms with E-state index in [4.69, 9.17) is 4.74 Å². The van der Waals surface area contributed by atoms with E-state index in [-0.39, 0.29) is 88.6 Å². The molecule has 2 aromatic carbocycles. The minimum absolute atomic E-state index is 0. The molecule has 1 heterocycles. The summed E-state index contributed by atoms with van der Waals surface area (Å²) >= 11 is 0. The third-order valence-corrected chi connectivity index (χ3v) is 5.62. The summed E-state index contributed by atoms with van der Waals surface area (Å²) in [6.07, 6.45) is 8.25. The first kappa shape index (κ1) is 23.5. The van der Waals surface area contributed by atoms with Crippen LogP contribution in [0.3, 0.4) is 0 Å². The quantitative estimate of drug-likeness (QED) is 0.451. The summed E-state index contributed by atoms with van der Waals surface area (Å²) in [6, 6.07) is 7.04. The van der Waals surface area contributed by atoms with Gasteiger partial charge in [-0.3, -0.25) is 0 Å². The molecule has 0 aromatic heterocycles. The van der Waals surface area contributed by atoms with E-state index in [0.29, 0.717) is 16.9 Å². The van der Waals surface area contributed by atoms with E-state index < -0.39 is 0 Å². The van der Waals surface area contributed by atoms with Crippen LogP contribution in [0.4, 0.5) is 0 Å². The Bertz CT molecular complexity index is 960. The predicted molar refractivity (Wildman–Crippen MR) is 107 cm³/mol. The first-order valence-electron chi connectivity index (χ1n) is 9.36. The first-order chi connectivity index (χ1) is 12.6. The van der Waals surface area contributed by atoms with E-state index in [9.17, 15) is 15.3 Å². The Morgan fingerprint density at radius 1 is 0.821 bits per heavy atom. The maximum absolute atomic E-state index is 10.5. The third-order valence-electron chi connectivity index (χ3n) is 5.62. The van der Waals surface area contributed by atoms with E-state index in [1.165, 1.54) is 38.2 Å². The Balaban J connectivity index is 0.00000140. The van der Waals surface area contributed by atoms with Crippen LogP contribution in [0.15, 0.2) is 24.3 Å². The summed E-state index contributed by atoms with van der Waals surface area (Å²) in [7, 11) is 0. The maximum atomic E-state index is 10.5. The van der Waals surface area contributed by atoms with Crippen molar-refractivity contribution in [3.8, 4) is 28.7 Å². The van der Waals surface area contributed by atoms with Gasteiger partial charge in [-0.05, 0) is 36.5 Å². The van der Waals surface area contributed by atoms with E-state index in [1.807, 2.05) is 6.07 Å². The van der Waals surface area contributed by atoms with Crippen LogP contribution in [0.5, 0.6) is 28.7 Å². The molecule has 2 aliphatic rings. The van der Waals surface area contributed by atoms with Crippen molar-refractivity contribution < 1.29 is 78.2 Å². The average Bonchev–Trinajstić information content (AvgIpc) is 2.61. The van der Waals surface area contributed by atoms with Gasteiger partial charge in [0.15, 0.2) is 23.0 Å². The second-order valence-corrected chi connectivity index (χ2v) is 7.32. The largest absolute Gasteiger partial charge is 1.00 e. The smallest absolute Gasteiger partial charge is 0.504 e. The van der Waals surface area contributed by atoms with Crippen LogP contribution in [0, 0.1) is 13.3 Å². The van der Waals surface area contributed by atoms with Crippen LogP contribution in [-0.4, -0.2) is 15.3 Å². The van der Waals surface area contributed by atoms with Crippen LogP contribution in [0.2, 0.25) is 0 Å². The molecule has 4 nitrogen and oxygen atoms in total. The fourth-order valence-electron chi connectivity index (χ4n) is 4.24. The van der Waals surface area contributed by atoms with Gasteiger partial charge >= 0.3 is 58.2 Å². The fourth-order valence-corrected chi connectivity index (χ4v) is 4.24. The fraction of sp³-hybridized carbons (Fsp3) is 0.348. The number of ether oxygens (including phenoxy) is 1. The molecule has 4 rings (SSSR count). The topological polar surface area (TPSA) is 69.9 Å². The number of fused-ring (bicyclic) bond motifs is 2. The van der Waals surface area contributed by atoms with E-state index >= 15 is 0 Å². The zero-order valence-corrected chi connectivity index (χ0v) is 21.7. The molecule has 144 valence electrons. The molecule has 0 amide bonds. The second-order valence-electron chi connectivity index (χ2n) is 7.32. The molecular formula is C23H27O4Rb. The van der Waals surface area contributed by atoms with Crippen LogP contribution < -0.4 is 73.4 Å². The molecule has 0 saturated heterocycles. The summed E-state index contributed by atoms with van der Waals surface area (Å²) < 4.78 is 5.86. The second kappa shape index (κ2) is 9.79. The van der Waals surface area contributed by atoms with Crippen molar-refractivity contribution in [1.82, 2.24) is 0 Å². The Hall–Kier alpha value is -0.815.